The van der Waals surface area contributed by atoms with Gasteiger partial charge in [-0.25, -0.2) is 4.79 Å². The molecule has 0 saturated carbocycles. The predicted octanol–water partition coefficient (Wildman–Crippen LogP) is 1.36. The van der Waals surface area contributed by atoms with Crippen molar-refractivity contribution >= 4 is 23.6 Å². The van der Waals surface area contributed by atoms with Crippen LogP contribution in [0.5, 0.6) is 0 Å². The third-order valence-corrected chi connectivity index (χ3v) is 3.00. The fourth-order valence-electron chi connectivity index (χ4n) is 1.18. The molecule has 2 N–H and O–H groups in total. The second kappa shape index (κ2) is 6.17. The Labute approximate surface area is 98.0 Å². The molecule has 0 unspecified atom stereocenters. The molecule has 16 heavy (non-hydrogen) atoms. The molecule has 0 spiro atoms. The van der Waals surface area contributed by atoms with E-state index in [2.05, 4.69) is 5.32 Å². The average Bonchev–Trinajstić information content (AvgIpc) is 2.29. The summed E-state index contributed by atoms with van der Waals surface area (Å²) in [6, 6.07) is 6.82. The summed E-state index contributed by atoms with van der Waals surface area (Å²) in [5.74, 6) is -0.130. The van der Waals surface area contributed by atoms with Gasteiger partial charge in [0.1, 0.15) is 0 Å². The summed E-state index contributed by atoms with van der Waals surface area (Å²) in [5, 5.41) is 11.4. The van der Waals surface area contributed by atoms with E-state index in [0.29, 0.717) is 17.1 Å². The molecule has 0 fully saturated rings. The molecule has 1 aromatic carbocycles. The molecule has 0 saturated heterocycles. The van der Waals surface area contributed by atoms with Crippen molar-refractivity contribution in [2.75, 3.05) is 12.8 Å². The molecular weight excluding hydrogens is 226 g/mol. The molecule has 1 amide bonds. The van der Waals surface area contributed by atoms with Gasteiger partial charge in [0.25, 0.3) is 0 Å². The quantitative estimate of drug-likeness (QED) is 0.814. The lowest BCUT2D eigenvalue weighted by molar-refractivity contribution is -0.118. The summed E-state index contributed by atoms with van der Waals surface area (Å²) in [5.41, 5.74) is 1.04. The average molecular weight is 239 g/mol. The number of carboxylic acids is 1. The van der Waals surface area contributed by atoms with Crippen LogP contribution in [0.2, 0.25) is 0 Å². The molecule has 86 valence electrons. The van der Waals surface area contributed by atoms with Crippen LogP contribution >= 0.6 is 11.8 Å². The topological polar surface area (TPSA) is 66.4 Å². The van der Waals surface area contributed by atoms with Gasteiger partial charge in [-0.2, -0.15) is 0 Å². The number of carbonyl (C=O) groups is 2. The second-order valence-electron chi connectivity index (χ2n) is 3.13. The molecule has 0 bridgehead atoms. The van der Waals surface area contributed by atoms with Crippen molar-refractivity contribution in [2.45, 2.75) is 5.75 Å². The van der Waals surface area contributed by atoms with Gasteiger partial charge in [-0.1, -0.05) is 18.2 Å². The van der Waals surface area contributed by atoms with E-state index in [0.717, 1.165) is 5.56 Å². The van der Waals surface area contributed by atoms with Crippen molar-refractivity contribution in [1.29, 1.82) is 0 Å². The van der Waals surface area contributed by atoms with Crippen molar-refractivity contribution in [3.05, 3.63) is 35.4 Å². The molecule has 1 rings (SSSR count). The number of amides is 1. The smallest absolute Gasteiger partial charge is 0.335 e. The van der Waals surface area contributed by atoms with Crippen LogP contribution in [-0.4, -0.2) is 29.8 Å². The first-order valence-corrected chi connectivity index (χ1v) is 5.90. The lowest BCUT2D eigenvalue weighted by Gasteiger charge is -2.05. The summed E-state index contributed by atoms with van der Waals surface area (Å²) in [4.78, 5) is 21.9. The van der Waals surface area contributed by atoms with Gasteiger partial charge in [0, 0.05) is 12.8 Å². The molecule has 4 nitrogen and oxygen atoms in total. The van der Waals surface area contributed by atoms with E-state index in [1.165, 1.54) is 11.8 Å². The van der Waals surface area contributed by atoms with E-state index in [9.17, 15) is 9.59 Å². The van der Waals surface area contributed by atoms with Crippen molar-refractivity contribution in [1.82, 2.24) is 5.32 Å². The lowest BCUT2D eigenvalue weighted by Crippen LogP contribution is -2.19. The van der Waals surface area contributed by atoms with E-state index < -0.39 is 5.97 Å². The predicted molar refractivity (Wildman–Crippen MR) is 63.6 cm³/mol. The number of aromatic carboxylic acids is 1. The summed E-state index contributed by atoms with van der Waals surface area (Å²) >= 11 is 1.40. The fraction of sp³-hybridized carbons (Fsp3) is 0.273. The molecule has 0 aliphatic carbocycles. The van der Waals surface area contributed by atoms with Crippen LogP contribution in [0.15, 0.2) is 24.3 Å². The normalized spacial score (nSPS) is 9.81. The standard InChI is InChI=1S/C11H13NO3S/c1-12-10(13)7-16-6-8-4-2-3-5-9(8)11(14)15/h2-5H,6-7H2,1H3,(H,12,13)(H,14,15). The van der Waals surface area contributed by atoms with Crippen LogP contribution in [0, 0.1) is 0 Å². The lowest BCUT2D eigenvalue weighted by atomic mass is 10.1. The van der Waals surface area contributed by atoms with Crippen molar-refractivity contribution in [3.8, 4) is 0 Å². The van der Waals surface area contributed by atoms with E-state index >= 15 is 0 Å². The number of benzene rings is 1. The maximum Gasteiger partial charge on any atom is 0.335 e. The highest BCUT2D eigenvalue weighted by Crippen LogP contribution is 2.16. The van der Waals surface area contributed by atoms with Crippen LogP contribution in [0.25, 0.3) is 0 Å². The van der Waals surface area contributed by atoms with Crippen molar-refractivity contribution in [2.24, 2.45) is 0 Å². The third kappa shape index (κ3) is 3.58. The first-order valence-electron chi connectivity index (χ1n) is 4.74. The number of carboxylic acid groups (broad SMARTS) is 1. The second-order valence-corrected chi connectivity index (χ2v) is 4.11. The number of thioether (sulfide) groups is 1. The van der Waals surface area contributed by atoms with Gasteiger partial charge in [-0.05, 0) is 11.6 Å². The number of nitrogens with one attached hydrogen (secondary N) is 1. The zero-order chi connectivity index (χ0) is 12.0. The maximum atomic E-state index is 11.0. The van der Waals surface area contributed by atoms with Gasteiger partial charge < -0.3 is 10.4 Å². The van der Waals surface area contributed by atoms with Crippen LogP contribution in [0.1, 0.15) is 15.9 Å². The minimum Gasteiger partial charge on any atom is -0.478 e. The van der Waals surface area contributed by atoms with Gasteiger partial charge >= 0.3 is 5.97 Å². The Morgan fingerprint density at radius 1 is 1.38 bits per heavy atom. The number of hydrogen-bond acceptors (Lipinski definition) is 3. The summed E-state index contributed by atoms with van der Waals surface area (Å²) in [6.45, 7) is 0. The Morgan fingerprint density at radius 3 is 2.69 bits per heavy atom. The molecule has 0 aromatic heterocycles. The number of rotatable bonds is 5. The summed E-state index contributed by atoms with van der Waals surface area (Å²) in [7, 11) is 1.58. The molecule has 0 aliphatic rings. The largest absolute Gasteiger partial charge is 0.478 e. The molecule has 0 atom stereocenters. The Kier molecular flexibility index (Phi) is 4.85. The number of hydrogen-bond donors (Lipinski definition) is 2. The number of carbonyl (C=O) groups excluding carboxylic acids is 1. The SMILES string of the molecule is CNC(=O)CSCc1ccccc1C(=O)O. The minimum absolute atomic E-state index is 0.0576. The van der Waals surface area contributed by atoms with Crippen LogP contribution in [-0.2, 0) is 10.5 Å². The highest BCUT2D eigenvalue weighted by Gasteiger charge is 2.09. The zero-order valence-electron chi connectivity index (χ0n) is 8.90. The van der Waals surface area contributed by atoms with Gasteiger partial charge in [0.15, 0.2) is 0 Å². The molecule has 0 aliphatic heterocycles. The summed E-state index contributed by atoms with van der Waals surface area (Å²) < 4.78 is 0. The molecule has 5 heteroatoms. The Morgan fingerprint density at radius 2 is 2.06 bits per heavy atom. The summed E-state index contributed by atoms with van der Waals surface area (Å²) in [6.07, 6.45) is 0. The molecular formula is C11H13NO3S. The van der Waals surface area contributed by atoms with E-state index in [4.69, 9.17) is 5.11 Å². The van der Waals surface area contributed by atoms with Gasteiger partial charge in [0.05, 0.1) is 11.3 Å². The highest BCUT2D eigenvalue weighted by atomic mass is 32.2. The molecule has 0 heterocycles. The zero-order valence-corrected chi connectivity index (χ0v) is 9.71. The molecule has 1 aromatic rings. The minimum atomic E-state index is -0.934. The van der Waals surface area contributed by atoms with Crippen molar-refractivity contribution in [3.63, 3.8) is 0 Å². The van der Waals surface area contributed by atoms with E-state index in [-0.39, 0.29) is 5.91 Å². The Hall–Kier alpha value is -1.49. The third-order valence-electron chi connectivity index (χ3n) is 2.02. The highest BCUT2D eigenvalue weighted by molar-refractivity contribution is 7.99. The van der Waals surface area contributed by atoms with Crippen LogP contribution < -0.4 is 5.32 Å². The van der Waals surface area contributed by atoms with Gasteiger partial charge in [-0.15, -0.1) is 11.8 Å². The first kappa shape index (κ1) is 12.6. The Bertz CT molecular complexity index is 393. The van der Waals surface area contributed by atoms with Gasteiger partial charge in [0.2, 0.25) is 5.91 Å². The van der Waals surface area contributed by atoms with Crippen LogP contribution in [0.4, 0.5) is 0 Å². The first-order chi connectivity index (χ1) is 7.65. The maximum absolute atomic E-state index is 11.0. The molecule has 0 radical (unpaired) electrons. The van der Waals surface area contributed by atoms with Crippen molar-refractivity contribution < 1.29 is 14.7 Å². The van der Waals surface area contributed by atoms with E-state index in [1.807, 2.05) is 0 Å². The Balaban J connectivity index is 2.60. The monoisotopic (exact) mass is 239 g/mol. The van der Waals surface area contributed by atoms with E-state index in [1.54, 1.807) is 31.3 Å². The fourth-order valence-corrected chi connectivity index (χ4v) is 2.08. The van der Waals surface area contributed by atoms with Gasteiger partial charge in [-0.3, -0.25) is 4.79 Å². The van der Waals surface area contributed by atoms with Crippen LogP contribution in [0.3, 0.4) is 0 Å².